The van der Waals surface area contributed by atoms with Crippen LogP contribution in [-0.2, 0) is 12.7 Å². The largest absolute Gasteiger partial charge is 0.496 e. The van der Waals surface area contributed by atoms with Crippen LogP contribution < -0.4 is 10.1 Å². The number of anilines is 1. The van der Waals surface area contributed by atoms with Gasteiger partial charge in [-0.3, -0.25) is 0 Å². The molecule has 140 valence electrons. The highest BCUT2D eigenvalue weighted by atomic mass is 35.5. The van der Waals surface area contributed by atoms with Crippen LogP contribution in [0.15, 0.2) is 54.6 Å². The number of hydrogen-bond donors (Lipinski definition) is 1. The molecule has 3 rings (SSSR count). The standard InChI is InChI=1S/C19H15ClF3N3O/c1-27-15-5-3-2-4-13(15)11-24-17-10-16(20)25-18(26-17)12-6-8-14(9-7-12)19(21,22)23/h2-10H,11H2,1H3,(H,24,25,26). The zero-order valence-electron chi connectivity index (χ0n) is 14.2. The van der Waals surface area contributed by atoms with Crippen molar-refractivity contribution in [2.45, 2.75) is 12.7 Å². The van der Waals surface area contributed by atoms with Gasteiger partial charge in [-0.05, 0) is 18.2 Å². The lowest BCUT2D eigenvalue weighted by molar-refractivity contribution is -0.137. The second kappa shape index (κ2) is 7.84. The lowest BCUT2D eigenvalue weighted by Gasteiger charge is -2.11. The van der Waals surface area contributed by atoms with Gasteiger partial charge in [0.1, 0.15) is 16.7 Å². The van der Waals surface area contributed by atoms with Crippen LogP contribution in [0.25, 0.3) is 11.4 Å². The summed E-state index contributed by atoms with van der Waals surface area (Å²) in [5.41, 5.74) is 0.624. The smallest absolute Gasteiger partial charge is 0.416 e. The summed E-state index contributed by atoms with van der Waals surface area (Å²) in [4.78, 5) is 8.43. The van der Waals surface area contributed by atoms with Gasteiger partial charge in [0.05, 0.1) is 12.7 Å². The normalized spacial score (nSPS) is 11.3. The van der Waals surface area contributed by atoms with E-state index in [-0.39, 0.29) is 11.0 Å². The van der Waals surface area contributed by atoms with Crippen LogP contribution in [0.5, 0.6) is 5.75 Å². The van der Waals surface area contributed by atoms with E-state index in [4.69, 9.17) is 16.3 Å². The number of nitrogens with one attached hydrogen (secondary N) is 1. The number of nitrogens with zero attached hydrogens (tertiary/aromatic N) is 2. The number of rotatable bonds is 5. The van der Waals surface area contributed by atoms with E-state index in [0.29, 0.717) is 17.9 Å². The van der Waals surface area contributed by atoms with Gasteiger partial charge in [0.25, 0.3) is 0 Å². The first-order valence-corrected chi connectivity index (χ1v) is 8.32. The van der Waals surface area contributed by atoms with Crippen molar-refractivity contribution in [3.8, 4) is 17.1 Å². The number of aromatic nitrogens is 2. The van der Waals surface area contributed by atoms with Crippen molar-refractivity contribution in [3.63, 3.8) is 0 Å². The molecule has 0 saturated carbocycles. The summed E-state index contributed by atoms with van der Waals surface area (Å²) in [6.45, 7) is 0.434. The molecule has 0 unspecified atom stereocenters. The maximum absolute atomic E-state index is 12.7. The molecule has 0 aliphatic carbocycles. The van der Waals surface area contributed by atoms with Crippen LogP contribution in [-0.4, -0.2) is 17.1 Å². The van der Waals surface area contributed by atoms with E-state index in [2.05, 4.69) is 15.3 Å². The fourth-order valence-electron chi connectivity index (χ4n) is 2.48. The summed E-state index contributed by atoms with van der Waals surface area (Å²) in [6.07, 6.45) is -4.39. The van der Waals surface area contributed by atoms with E-state index in [1.165, 1.54) is 12.1 Å². The number of methoxy groups -OCH3 is 1. The third-order valence-electron chi connectivity index (χ3n) is 3.82. The van der Waals surface area contributed by atoms with Crippen molar-refractivity contribution in [3.05, 3.63) is 70.9 Å². The Balaban J connectivity index is 1.82. The van der Waals surface area contributed by atoms with E-state index in [1.54, 1.807) is 13.2 Å². The molecule has 3 aromatic rings. The third kappa shape index (κ3) is 4.68. The molecule has 2 aromatic carbocycles. The summed E-state index contributed by atoms with van der Waals surface area (Å²) in [5, 5.41) is 3.31. The first-order valence-electron chi connectivity index (χ1n) is 7.95. The Morgan fingerprint density at radius 2 is 1.74 bits per heavy atom. The molecule has 0 aliphatic heterocycles. The second-order valence-corrected chi connectivity index (χ2v) is 6.03. The molecule has 0 spiro atoms. The molecule has 0 amide bonds. The summed E-state index contributed by atoms with van der Waals surface area (Å²) in [5.74, 6) is 1.42. The number of para-hydroxylation sites is 1. The van der Waals surface area contributed by atoms with Gasteiger partial charge in [-0.2, -0.15) is 13.2 Å². The van der Waals surface area contributed by atoms with Gasteiger partial charge < -0.3 is 10.1 Å². The second-order valence-electron chi connectivity index (χ2n) is 5.64. The molecule has 0 aliphatic rings. The first kappa shape index (κ1) is 19.0. The maximum atomic E-state index is 12.7. The summed E-state index contributed by atoms with van der Waals surface area (Å²) < 4.78 is 43.4. The van der Waals surface area contributed by atoms with Crippen molar-refractivity contribution < 1.29 is 17.9 Å². The molecule has 0 fully saturated rings. The van der Waals surface area contributed by atoms with Crippen LogP contribution >= 0.6 is 11.6 Å². The lowest BCUT2D eigenvalue weighted by Crippen LogP contribution is -2.05. The molecule has 1 N–H and O–H groups in total. The van der Waals surface area contributed by atoms with Gasteiger partial charge in [-0.1, -0.05) is 41.9 Å². The van der Waals surface area contributed by atoms with Crippen molar-refractivity contribution in [2.24, 2.45) is 0 Å². The Labute approximate surface area is 159 Å². The predicted molar refractivity (Wildman–Crippen MR) is 97.8 cm³/mol. The Morgan fingerprint density at radius 1 is 1.04 bits per heavy atom. The van der Waals surface area contributed by atoms with Gasteiger partial charge in [-0.15, -0.1) is 0 Å². The first-order chi connectivity index (χ1) is 12.9. The highest BCUT2D eigenvalue weighted by Crippen LogP contribution is 2.31. The average Bonchev–Trinajstić information content (AvgIpc) is 2.65. The Kier molecular flexibility index (Phi) is 5.51. The fourth-order valence-corrected chi connectivity index (χ4v) is 2.66. The topological polar surface area (TPSA) is 47.0 Å². The number of halogens is 4. The van der Waals surface area contributed by atoms with Crippen LogP contribution in [0.2, 0.25) is 5.15 Å². The molecular formula is C19H15ClF3N3O. The molecule has 0 bridgehead atoms. The summed E-state index contributed by atoms with van der Waals surface area (Å²) in [7, 11) is 1.59. The summed E-state index contributed by atoms with van der Waals surface area (Å²) in [6, 6.07) is 13.7. The number of ether oxygens (including phenoxy) is 1. The van der Waals surface area contributed by atoms with Crippen molar-refractivity contribution >= 4 is 17.4 Å². The minimum absolute atomic E-state index is 0.183. The van der Waals surface area contributed by atoms with E-state index in [9.17, 15) is 13.2 Å². The van der Waals surface area contributed by atoms with Gasteiger partial charge in [-0.25, -0.2) is 9.97 Å². The van der Waals surface area contributed by atoms with Crippen molar-refractivity contribution in [2.75, 3.05) is 12.4 Å². The molecule has 0 atom stereocenters. The van der Waals surface area contributed by atoms with E-state index >= 15 is 0 Å². The minimum atomic E-state index is -4.39. The molecule has 27 heavy (non-hydrogen) atoms. The van der Waals surface area contributed by atoms with Gasteiger partial charge in [0.15, 0.2) is 5.82 Å². The van der Waals surface area contributed by atoms with E-state index in [1.807, 2.05) is 24.3 Å². The zero-order valence-corrected chi connectivity index (χ0v) is 15.0. The maximum Gasteiger partial charge on any atom is 0.416 e. The van der Waals surface area contributed by atoms with E-state index in [0.717, 1.165) is 23.4 Å². The SMILES string of the molecule is COc1ccccc1CNc1cc(Cl)nc(-c2ccc(C(F)(F)F)cc2)n1. The molecule has 4 nitrogen and oxygen atoms in total. The number of alkyl halides is 3. The molecule has 0 radical (unpaired) electrons. The predicted octanol–water partition coefficient (Wildman–Crippen LogP) is 5.44. The Morgan fingerprint density at radius 3 is 2.41 bits per heavy atom. The highest BCUT2D eigenvalue weighted by molar-refractivity contribution is 6.29. The van der Waals surface area contributed by atoms with Crippen LogP contribution in [0.3, 0.4) is 0 Å². The number of hydrogen-bond acceptors (Lipinski definition) is 4. The quantitative estimate of drug-likeness (QED) is 0.586. The Hall–Kier alpha value is -2.80. The van der Waals surface area contributed by atoms with Gasteiger partial charge >= 0.3 is 6.18 Å². The molecule has 1 heterocycles. The summed E-state index contributed by atoms with van der Waals surface area (Å²) >= 11 is 6.05. The fraction of sp³-hybridized carbons (Fsp3) is 0.158. The molecule has 0 saturated heterocycles. The van der Waals surface area contributed by atoms with Gasteiger partial charge in [0, 0.05) is 23.7 Å². The minimum Gasteiger partial charge on any atom is -0.496 e. The Bertz CT molecular complexity index is 930. The highest BCUT2D eigenvalue weighted by Gasteiger charge is 2.30. The lowest BCUT2D eigenvalue weighted by atomic mass is 10.1. The zero-order chi connectivity index (χ0) is 19.4. The average molecular weight is 394 g/mol. The molecule has 1 aromatic heterocycles. The van der Waals surface area contributed by atoms with Gasteiger partial charge in [0.2, 0.25) is 0 Å². The van der Waals surface area contributed by atoms with Crippen molar-refractivity contribution in [1.29, 1.82) is 0 Å². The van der Waals surface area contributed by atoms with Crippen LogP contribution in [0.4, 0.5) is 19.0 Å². The monoisotopic (exact) mass is 393 g/mol. The number of benzene rings is 2. The van der Waals surface area contributed by atoms with Crippen LogP contribution in [0, 0.1) is 0 Å². The molecular weight excluding hydrogens is 379 g/mol. The third-order valence-corrected chi connectivity index (χ3v) is 4.01. The van der Waals surface area contributed by atoms with Crippen LogP contribution in [0.1, 0.15) is 11.1 Å². The van der Waals surface area contributed by atoms with Crippen molar-refractivity contribution in [1.82, 2.24) is 9.97 Å². The van der Waals surface area contributed by atoms with E-state index < -0.39 is 11.7 Å². The molecule has 8 heteroatoms.